The van der Waals surface area contributed by atoms with Gasteiger partial charge in [-0.2, -0.15) is 0 Å². The molecule has 0 saturated heterocycles. The van der Waals surface area contributed by atoms with Crippen LogP contribution in [0.15, 0.2) is 41.4 Å². The van der Waals surface area contributed by atoms with Gasteiger partial charge in [-0.3, -0.25) is 0 Å². The first-order chi connectivity index (χ1) is 14.2. The lowest BCUT2D eigenvalue weighted by molar-refractivity contribution is 0.174. The van der Waals surface area contributed by atoms with Crippen LogP contribution in [0, 0.1) is 0 Å². The molecule has 1 aliphatic rings. The van der Waals surface area contributed by atoms with Crippen LogP contribution in [-0.2, 0) is 13.0 Å². The summed E-state index contributed by atoms with van der Waals surface area (Å²) in [6.07, 6.45) is 1.92. The molecule has 0 spiro atoms. The molecular weight excluding hydrogens is 370 g/mol. The van der Waals surface area contributed by atoms with Gasteiger partial charge >= 0.3 is 0 Å². The van der Waals surface area contributed by atoms with Gasteiger partial charge in [-0.1, -0.05) is 12.1 Å². The number of methoxy groups -OCH3 is 2. The Bertz CT molecular complexity index is 839. The first-order valence-electron chi connectivity index (χ1n) is 9.85. The summed E-state index contributed by atoms with van der Waals surface area (Å²) in [7, 11) is 3.30. The SMILES string of the molecule is CCNC(=NCc1ccc2c(c1)OCO2)NCCCc1ccc(OC)c(OC)c1. The molecule has 29 heavy (non-hydrogen) atoms. The molecule has 3 rings (SSSR count). The Morgan fingerprint density at radius 1 is 0.966 bits per heavy atom. The lowest BCUT2D eigenvalue weighted by Gasteiger charge is -2.12. The monoisotopic (exact) mass is 399 g/mol. The standard InChI is InChI=1S/C22H29N3O4/c1-4-23-22(25-14-17-8-10-19-21(13-17)29-15-28-19)24-11-5-6-16-7-9-18(26-2)20(12-16)27-3/h7-10,12-13H,4-6,11,14-15H2,1-3H3,(H2,23,24,25). The van der Waals surface area contributed by atoms with E-state index in [-0.39, 0.29) is 6.79 Å². The van der Waals surface area contributed by atoms with Crippen LogP contribution in [0.4, 0.5) is 0 Å². The zero-order chi connectivity index (χ0) is 20.5. The zero-order valence-electron chi connectivity index (χ0n) is 17.3. The van der Waals surface area contributed by atoms with Gasteiger partial charge in [0.15, 0.2) is 29.0 Å². The molecule has 0 aromatic heterocycles. The highest BCUT2D eigenvalue weighted by molar-refractivity contribution is 5.79. The average molecular weight is 399 g/mol. The van der Waals surface area contributed by atoms with Crippen LogP contribution >= 0.6 is 0 Å². The van der Waals surface area contributed by atoms with Crippen molar-refractivity contribution in [3.8, 4) is 23.0 Å². The number of hydrogen-bond donors (Lipinski definition) is 2. The third kappa shape index (κ3) is 5.70. The first-order valence-corrected chi connectivity index (χ1v) is 9.85. The molecule has 1 heterocycles. The van der Waals surface area contributed by atoms with E-state index in [1.54, 1.807) is 14.2 Å². The van der Waals surface area contributed by atoms with Crippen molar-refractivity contribution in [2.24, 2.45) is 4.99 Å². The Hall–Kier alpha value is -3.09. The predicted octanol–water partition coefficient (Wildman–Crippen LogP) is 3.12. The molecule has 0 saturated carbocycles. The Labute approximate surface area is 172 Å². The maximum absolute atomic E-state index is 5.43. The maximum Gasteiger partial charge on any atom is 0.231 e. The van der Waals surface area contributed by atoms with Crippen molar-refractivity contribution < 1.29 is 18.9 Å². The fraction of sp³-hybridized carbons (Fsp3) is 0.409. The molecule has 0 atom stereocenters. The summed E-state index contributed by atoms with van der Waals surface area (Å²) >= 11 is 0. The van der Waals surface area contributed by atoms with Crippen LogP contribution in [0.25, 0.3) is 0 Å². The van der Waals surface area contributed by atoms with Crippen molar-refractivity contribution in [1.82, 2.24) is 10.6 Å². The van der Waals surface area contributed by atoms with Gasteiger partial charge in [0.05, 0.1) is 20.8 Å². The summed E-state index contributed by atoms with van der Waals surface area (Å²) in [6, 6.07) is 12.0. The van der Waals surface area contributed by atoms with Crippen molar-refractivity contribution in [3.63, 3.8) is 0 Å². The van der Waals surface area contributed by atoms with Crippen molar-refractivity contribution in [1.29, 1.82) is 0 Å². The van der Waals surface area contributed by atoms with E-state index >= 15 is 0 Å². The lowest BCUT2D eigenvalue weighted by Crippen LogP contribution is -2.37. The van der Waals surface area contributed by atoms with Gasteiger partial charge in [0.25, 0.3) is 0 Å². The number of hydrogen-bond acceptors (Lipinski definition) is 5. The average Bonchev–Trinajstić information content (AvgIpc) is 3.22. The number of benzene rings is 2. The summed E-state index contributed by atoms with van der Waals surface area (Å²) in [6.45, 7) is 4.54. The van der Waals surface area contributed by atoms with Crippen molar-refractivity contribution in [2.75, 3.05) is 34.1 Å². The molecule has 2 aromatic carbocycles. The highest BCUT2D eigenvalue weighted by Gasteiger charge is 2.13. The maximum atomic E-state index is 5.43. The second-order valence-electron chi connectivity index (χ2n) is 6.60. The molecule has 7 heteroatoms. The quantitative estimate of drug-likeness (QED) is 0.383. The number of nitrogens with one attached hydrogen (secondary N) is 2. The Balaban J connectivity index is 1.49. The molecule has 0 aliphatic carbocycles. The largest absolute Gasteiger partial charge is 0.493 e. The van der Waals surface area contributed by atoms with E-state index < -0.39 is 0 Å². The fourth-order valence-corrected chi connectivity index (χ4v) is 3.09. The van der Waals surface area contributed by atoms with Gasteiger partial charge < -0.3 is 29.6 Å². The zero-order valence-corrected chi connectivity index (χ0v) is 17.3. The summed E-state index contributed by atoms with van der Waals surface area (Å²) < 4.78 is 21.4. The molecule has 0 bridgehead atoms. The number of aliphatic imine (C=N–C) groups is 1. The van der Waals surface area contributed by atoms with E-state index in [1.807, 2.05) is 30.3 Å². The third-order valence-electron chi connectivity index (χ3n) is 4.58. The van der Waals surface area contributed by atoms with Crippen LogP contribution in [0.1, 0.15) is 24.5 Å². The molecule has 2 aromatic rings. The Morgan fingerprint density at radius 3 is 2.55 bits per heavy atom. The van der Waals surface area contributed by atoms with Gasteiger partial charge in [-0.15, -0.1) is 0 Å². The second-order valence-corrected chi connectivity index (χ2v) is 6.60. The summed E-state index contributed by atoms with van der Waals surface area (Å²) in [5.41, 5.74) is 2.29. The number of nitrogens with zero attached hydrogens (tertiary/aromatic N) is 1. The van der Waals surface area contributed by atoms with Gasteiger partial charge in [0, 0.05) is 13.1 Å². The first kappa shape index (κ1) is 20.6. The number of aryl methyl sites for hydroxylation is 1. The molecule has 7 nitrogen and oxygen atoms in total. The summed E-state index contributed by atoms with van der Waals surface area (Å²) in [5, 5.41) is 6.68. The number of ether oxygens (including phenoxy) is 4. The normalized spacial score (nSPS) is 12.6. The highest BCUT2D eigenvalue weighted by atomic mass is 16.7. The molecule has 2 N–H and O–H groups in total. The van der Waals surface area contributed by atoms with E-state index in [1.165, 1.54) is 5.56 Å². The molecule has 156 valence electrons. The Kier molecular flexibility index (Phi) is 7.44. The summed E-state index contributed by atoms with van der Waals surface area (Å²) in [5.74, 6) is 3.89. The molecule has 0 fully saturated rings. The molecule has 0 amide bonds. The van der Waals surface area contributed by atoms with Gasteiger partial charge in [0.2, 0.25) is 6.79 Å². The van der Waals surface area contributed by atoms with Crippen molar-refractivity contribution in [3.05, 3.63) is 47.5 Å². The Morgan fingerprint density at radius 2 is 1.76 bits per heavy atom. The van der Waals surface area contributed by atoms with Gasteiger partial charge in [-0.25, -0.2) is 4.99 Å². The lowest BCUT2D eigenvalue weighted by atomic mass is 10.1. The van der Waals surface area contributed by atoms with Crippen LogP contribution in [0.5, 0.6) is 23.0 Å². The fourth-order valence-electron chi connectivity index (χ4n) is 3.09. The van der Waals surface area contributed by atoms with Gasteiger partial charge in [0.1, 0.15) is 0 Å². The summed E-state index contributed by atoms with van der Waals surface area (Å²) in [4.78, 5) is 4.67. The van der Waals surface area contributed by atoms with Crippen molar-refractivity contribution in [2.45, 2.75) is 26.3 Å². The molecule has 1 aliphatic heterocycles. The minimum Gasteiger partial charge on any atom is -0.493 e. The minimum atomic E-state index is 0.284. The predicted molar refractivity (Wildman–Crippen MR) is 113 cm³/mol. The van der Waals surface area contributed by atoms with E-state index in [2.05, 4.69) is 28.6 Å². The van der Waals surface area contributed by atoms with Gasteiger partial charge in [-0.05, 0) is 55.2 Å². The topological polar surface area (TPSA) is 73.3 Å². The van der Waals surface area contributed by atoms with E-state index in [0.717, 1.165) is 60.5 Å². The molecule has 0 unspecified atom stereocenters. The second kappa shape index (κ2) is 10.5. The minimum absolute atomic E-state index is 0.284. The number of fused-ring (bicyclic) bond motifs is 1. The van der Waals surface area contributed by atoms with Crippen LogP contribution in [0.2, 0.25) is 0 Å². The molecular formula is C22H29N3O4. The highest BCUT2D eigenvalue weighted by Crippen LogP contribution is 2.32. The van der Waals surface area contributed by atoms with E-state index in [4.69, 9.17) is 18.9 Å². The van der Waals surface area contributed by atoms with E-state index in [0.29, 0.717) is 6.54 Å². The van der Waals surface area contributed by atoms with E-state index in [9.17, 15) is 0 Å². The number of rotatable bonds is 9. The van der Waals surface area contributed by atoms with Crippen LogP contribution in [-0.4, -0.2) is 40.1 Å². The number of guanidine groups is 1. The third-order valence-corrected chi connectivity index (χ3v) is 4.58. The smallest absolute Gasteiger partial charge is 0.231 e. The molecule has 0 radical (unpaired) electrons. The van der Waals surface area contributed by atoms with Crippen LogP contribution in [0.3, 0.4) is 0 Å². The van der Waals surface area contributed by atoms with Crippen LogP contribution < -0.4 is 29.6 Å². The van der Waals surface area contributed by atoms with Crippen molar-refractivity contribution >= 4 is 5.96 Å².